The van der Waals surface area contributed by atoms with Gasteiger partial charge in [0.2, 0.25) is 0 Å². The molecular formula is C34H66O2Si6. The molecule has 0 amide bonds. The van der Waals surface area contributed by atoms with E-state index in [2.05, 4.69) is 78.6 Å². The van der Waals surface area contributed by atoms with E-state index in [0.29, 0.717) is 0 Å². The lowest BCUT2D eigenvalue weighted by atomic mass is 9.50. The fourth-order valence-corrected chi connectivity index (χ4v) is 238. The Morgan fingerprint density at radius 2 is 0.548 bits per heavy atom. The van der Waals surface area contributed by atoms with Crippen molar-refractivity contribution in [3.05, 3.63) is 0 Å². The Balaban J connectivity index is 1.67. The summed E-state index contributed by atoms with van der Waals surface area (Å²) < 4.78 is 0. The SMILES string of the molecule is C[Si](C)(C)[Si](C(=O)C12CC3CC(CC(C3)C1)C2)([Si](C)(C)C)[Si](C(=O)C12CC3CC(CC(C3)C1)C2)([Si](C)(C)C)[Si](C)(C)C. The zero-order chi connectivity index (χ0) is 31.1. The number of rotatable bonds is 9. The highest BCUT2D eigenvalue weighted by Gasteiger charge is 2.84. The molecule has 42 heavy (non-hydrogen) atoms. The van der Waals surface area contributed by atoms with E-state index in [9.17, 15) is 0 Å². The molecule has 8 heteroatoms. The second kappa shape index (κ2) is 9.60. The smallest absolute Gasteiger partial charge is 0.117 e. The van der Waals surface area contributed by atoms with E-state index in [-0.39, 0.29) is 10.8 Å². The summed E-state index contributed by atoms with van der Waals surface area (Å²) in [6.45, 7) is 26.7. The topological polar surface area (TPSA) is 34.1 Å². The maximum absolute atomic E-state index is 16.7. The third-order valence-corrected chi connectivity index (χ3v) is 138. The summed E-state index contributed by atoms with van der Waals surface area (Å²) in [5, 5.41) is 1.81. The number of hydrogen-bond donors (Lipinski definition) is 0. The van der Waals surface area contributed by atoms with Gasteiger partial charge in [0.05, 0.1) is 0 Å². The van der Waals surface area contributed by atoms with Crippen molar-refractivity contribution >= 4 is 54.4 Å². The molecule has 8 saturated carbocycles. The normalized spacial score (nSPS) is 40.1. The monoisotopic (exact) mass is 674 g/mol. The lowest BCUT2D eigenvalue weighted by molar-refractivity contribution is -0.137. The third-order valence-electron chi connectivity index (χ3n) is 14.8. The van der Waals surface area contributed by atoms with Crippen LogP contribution in [0.15, 0.2) is 0 Å². The van der Waals surface area contributed by atoms with Crippen molar-refractivity contribution in [3.63, 3.8) is 0 Å². The van der Waals surface area contributed by atoms with Gasteiger partial charge in [-0.3, -0.25) is 0 Å². The van der Waals surface area contributed by atoms with E-state index in [4.69, 9.17) is 0 Å². The van der Waals surface area contributed by atoms with Crippen molar-refractivity contribution in [1.29, 1.82) is 0 Å². The maximum Gasteiger partial charge on any atom is 0.117 e. The predicted molar refractivity (Wildman–Crippen MR) is 196 cm³/mol. The fraction of sp³-hybridized carbons (Fsp3) is 0.941. The Morgan fingerprint density at radius 1 is 0.381 bits per heavy atom. The average molecular weight is 675 g/mol. The highest BCUT2D eigenvalue weighted by Crippen LogP contribution is 2.66. The number of carbonyl (C=O) groups is 2. The van der Waals surface area contributed by atoms with E-state index < -0.39 is 43.6 Å². The molecule has 8 bridgehead atoms. The van der Waals surface area contributed by atoms with Gasteiger partial charge in [-0.2, -0.15) is 0 Å². The lowest BCUT2D eigenvalue weighted by Gasteiger charge is -2.71. The minimum atomic E-state index is -2.70. The van der Waals surface area contributed by atoms with Crippen LogP contribution in [0.4, 0.5) is 0 Å². The second-order valence-electron chi connectivity index (χ2n) is 21.6. The minimum Gasteiger partial charge on any atom is -0.306 e. The molecule has 0 saturated heterocycles. The maximum atomic E-state index is 16.7. The van der Waals surface area contributed by atoms with Crippen molar-refractivity contribution in [1.82, 2.24) is 0 Å². The Morgan fingerprint density at radius 3 is 0.690 bits per heavy atom. The number of hydrogen-bond acceptors (Lipinski definition) is 2. The van der Waals surface area contributed by atoms with Crippen LogP contribution in [0.5, 0.6) is 0 Å². The van der Waals surface area contributed by atoms with Gasteiger partial charge in [-0.1, -0.05) is 78.6 Å². The van der Waals surface area contributed by atoms with Crippen molar-refractivity contribution in [2.75, 3.05) is 0 Å². The van der Waals surface area contributed by atoms with Crippen molar-refractivity contribution < 1.29 is 9.59 Å². The Kier molecular flexibility index (Phi) is 7.45. The molecule has 0 aromatic heterocycles. The zero-order valence-corrected chi connectivity index (χ0v) is 35.8. The molecule has 2 nitrogen and oxygen atoms in total. The molecule has 8 aliphatic carbocycles. The van der Waals surface area contributed by atoms with Crippen molar-refractivity contribution in [3.8, 4) is 0 Å². The van der Waals surface area contributed by atoms with Crippen LogP contribution in [0.25, 0.3) is 0 Å². The van der Waals surface area contributed by atoms with E-state index in [1.165, 1.54) is 77.0 Å². The van der Waals surface area contributed by atoms with Gasteiger partial charge in [0.25, 0.3) is 0 Å². The first-order valence-electron chi connectivity index (χ1n) is 18.1. The fourth-order valence-electron chi connectivity index (χ4n) is 15.8. The molecule has 0 N–H and O–H groups in total. The van der Waals surface area contributed by atoms with Gasteiger partial charge >= 0.3 is 0 Å². The van der Waals surface area contributed by atoms with Gasteiger partial charge in [-0.05, 0) is 113 Å². The molecule has 0 heterocycles. The Labute approximate surface area is 264 Å². The van der Waals surface area contributed by atoms with Gasteiger partial charge in [-0.25, -0.2) is 0 Å². The molecule has 0 atom stereocenters. The van der Waals surface area contributed by atoms with E-state index in [1.807, 2.05) is 0 Å². The van der Waals surface area contributed by atoms with Gasteiger partial charge in [-0.15, -0.1) is 0 Å². The van der Waals surface area contributed by atoms with Crippen LogP contribution in [0.2, 0.25) is 78.6 Å². The highest BCUT2D eigenvalue weighted by atomic mass is 30.2. The molecular weight excluding hydrogens is 609 g/mol. The van der Waals surface area contributed by atoms with E-state index in [0.717, 1.165) is 46.3 Å². The molecule has 8 rings (SSSR count). The van der Waals surface area contributed by atoms with Crippen LogP contribution in [-0.4, -0.2) is 54.4 Å². The molecule has 238 valence electrons. The summed E-state index contributed by atoms with van der Waals surface area (Å²) in [6.07, 6.45) is 15.6. The third kappa shape index (κ3) is 4.18. The molecule has 0 aromatic carbocycles. The summed E-state index contributed by atoms with van der Waals surface area (Å²) in [6, 6.07) is 0. The van der Waals surface area contributed by atoms with Gasteiger partial charge < -0.3 is 9.59 Å². The first-order chi connectivity index (χ1) is 19.0. The van der Waals surface area contributed by atoms with E-state index in [1.54, 1.807) is 0 Å². The molecule has 8 aliphatic rings. The van der Waals surface area contributed by atoms with Crippen LogP contribution in [0.1, 0.15) is 77.0 Å². The van der Waals surface area contributed by atoms with Gasteiger partial charge in [0.1, 0.15) is 24.1 Å². The molecule has 0 aromatic rings. The summed E-state index contributed by atoms with van der Waals surface area (Å²) in [5.74, 6) is 4.77. The van der Waals surface area contributed by atoms with Crippen molar-refractivity contribution in [2.45, 2.75) is 156 Å². The average Bonchev–Trinajstić information content (AvgIpc) is 2.76. The van der Waals surface area contributed by atoms with E-state index >= 15 is 9.59 Å². The molecule has 0 unspecified atom stereocenters. The first kappa shape index (κ1) is 32.6. The quantitative estimate of drug-likeness (QED) is 0.229. The van der Waals surface area contributed by atoms with Crippen LogP contribution < -0.4 is 0 Å². The molecule has 0 spiro atoms. The summed E-state index contributed by atoms with van der Waals surface area (Å²) in [5.41, 5.74) is -0.109. The summed E-state index contributed by atoms with van der Waals surface area (Å²) >= 11 is 0. The summed E-state index contributed by atoms with van der Waals surface area (Å²) in [7, 11) is -8.23. The van der Waals surface area contributed by atoms with Crippen LogP contribution in [0.3, 0.4) is 0 Å². The predicted octanol–water partition coefficient (Wildman–Crippen LogP) is 9.28. The molecule has 8 fully saturated rings. The van der Waals surface area contributed by atoms with Crippen LogP contribution >= 0.6 is 0 Å². The molecule has 0 aliphatic heterocycles. The van der Waals surface area contributed by atoms with Crippen molar-refractivity contribution in [2.24, 2.45) is 46.3 Å². The Bertz CT molecular complexity index is 958. The Hall–Kier alpha value is 0.641. The zero-order valence-electron chi connectivity index (χ0n) is 29.8. The highest BCUT2D eigenvalue weighted by molar-refractivity contribution is 8.18. The van der Waals surface area contributed by atoms with Crippen LogP contribution in [0, 0.1) is 46.3 Å². The van der Waals surface area contributed by atoms with Gasteiger partial charge in [0, 0.05) is 41.2 Å². The minimum absolute atomic E-state index is 0.0547. The first-order valence-corrected chi connectivity index (χ1v) is 41.1. The second-order valence-corrected chi connectivity index (χ2v) is 84.0. The standard InChI is InChI=1S/C34H66O2Si6/c1-37(2,3)41(38(4,5)6,31(35)33-19-25-13-26(20-33)15-27(14-25)21-33)42(39(7,8)9,40(10,11)12)32(36)34-22-28-16-29(23-34)18-30(17-28)24-34/h25-30H,13-24H2,1-12H3. The lowest BCUT2D eigenvalue weighted by Crippen LogP contribution is -3.03. The number of carbonyl (C=O) groups excluding carboxylic acids is 2. The molecule has 0 radical (unpaired) electrons. The van der Waals surface area contributed by atoms with Crippen LogP contribution in [-0.2, 0) is 9.59 Å². The van der Waals surface area contributed by atoms with Gasteiger partial charge in [0.15, 0.2) is 0 Å². The summed E-state index contributed by atoms with van der Waals surface area (Å²) in [4.78, 5) is 33.5. The largest absolute Gasteiger partial charge is 0.306 e.